The molecule has 0 aromatic carbocycles. The minimum absolute atomic E-state index is 0.0552. The Hall–Kier alpha value is -1.28. The zero-order chi connectivity index (χ0) is 57.7. The lowest BCUT2D eigenvalue weighted by atomic mass is 10.0. The third-order valence-corrected chi connectivity index (χ3v) is 17.1. The fourth-order valence-electron chi connectivity index (χ4n) is 10.7. The predicted octanol–water partition coefficient (Wildman–Crippen LogP) is 22.1. The Labute approximate surface area is 493 Å². The standard InChI is InChI=1S/C70H137N2O6P/c1-6-8-10-12-14-16-18-20-22-24-26-27-28-29-30-31-32-33-34-35-36-37-38-39-40-41-42-43-44-45-46-48-50-52-54-56-58-60-62-64-70(74)71-68(67-78-79(75,76)77-66-65-72(3,4)5)69(73)63-61-59-57-55-53-51-49-47-25-23-21-19-17-15-13-11-9-7-2/h25,47,53,55,61,63,68-69,73H,6-24,26-46,48-52,54,56-60,62,64-67H2,1-5H3,(H-,71,74,75,76)/p+1/b47-25+,55-53+,63-61+. The molecule has 0 radical (unpaired) electrons. The quantitative estimate of drug-likeness (QED) is 0.0243. The molecule has 0 aliphatic heterocycles. The third-order valence-electron chi connectivity index (χ3n) is 16.1. The molecule has 0 rings (SSSR count). The van der Waals surface area contributed by atoms with Crippen molar-refractivity contribution in [2.24, 2.45) is 0 Å². The van der Waals surface area contributed by atoms with E-state index in [1.807, 2.05) is 27.2 Å². The molecule has 0 aromatic heterocycles. The average molecular weight is 1130 g/mol. The van der Waals surface area contributed by atoms with E-state index in [-0.39, 0.29) is 19.1 Å². The molecule has 8 nitrogen and oxygen atoms in total. The Bertz CT molecular complexity index is 1380. The van der Waals surface area contributed by atoms with Gasteiger partial charge in [-0.25, -0.2) is 4.57 Å². The fourth-order valence-corrected chi connectivity index (χ4v) is 11.4. The van der Waals surface area contributed by atoms with Gasteiger partial charge in [-0.1, -0.05) is 339 Å². The summed E-state index contributed by atoms with van der Waals surface area (Å²) in [6, 6.07) is -0.868. The Morgan fingerprint density at radius 2 is 0.696 bits per heavy atom. The first-order chi connectivity index (χ1) is 38.5. The normalized spacial score (nSPS) is 13.9. The molecule has 3 atom stereocenters. The van der Waals surface area contributed by atoms with Crippen LogP contribution in [-0.4, -0.2) is 73.4 Å². The maximum atomic E-state index is 13.0. The summed E-state index contributed by atoms with van der Waals surface area (Å²) in [5.74, 6) is -0.184. The van der Waals surface area contributed by atoms with E-state index in [4.69, 9.17) is 9.05 Å². The maximum Gasteiger partial charge on any atom is 0.472 e. The van der Waals surface area contributed by atoms with Gasteiger partial charge < -0.3 is 19.8 Å². The number of hydrogen-bond acceptors (Lipinski definition) is 5. The topological polar surface area (TPSA) is 105 Å². The van der Waals surface area contributed by atoms with Crippen molar-refractivity contribution in [1.82, 2.24) is 5.32 Å². The molecule has 79 heavy (non-hydrogen) atoms. The number of aliphatic hydroxyl groups excluding tert-OH is 1. The van der Waals surface area contributed by atoms with E-state index in [0.29, 0.717) is 17.4 Å². The van der Waals surface area contributed by atoms with Crippen molar-refractivity contribution in [3.63, 3.8) is 0 Å². The monoisotopic (exact) mass is 1130 g/mol. The summed E-state index contributed by atoms with van der Waals surface area (Å²) in [6.45, 7) is 4.83. The third kappa shape index (κ3) is 64.1. The van der Waals surface area contributed by atoms with Crippen LogP contribution in [0.15, 0.2) is 36.5 Å². The van der Waals surface area contributed by atoms with Crippen molar-refractivity contribution < 1.29 is 32.9 Å². The van der Waals surface area contributed by atoms with Crippen LogP contribution in [0.2, 0.25) is 0 Å². The molecule has 0 aromatic rings. The zero-order valence-corrected chi connectivity index (χ0v) is 54.5. The average Bonchev–Trinajstić information content (AvgIpc) is 3.42. The zero-order valence-electron chi connectivity index (χ0n) is 53.6. The van der Waals surface area contributed by atoms with Gasteiger partial charge in [-0.15, -0.1) is 0 Å². The Balaban J connectivity index is 3.92. The van der Waals surface area contributed by atoms with Crippen LogP contribution in [0.3, 0.4) is 0 Å². The van der Waals surface area contributed by atoms with Gasteiger partial charge in [-0.05, 0) is 44.9 Å². The van der Waals surface area contributed by atoms with E-state index in [0.717, 1.165) is 44.9 Å². The highest BCUT2D eigenvalue weighted by Gasteiger charge is 2.28. The first-order valence-electron chi connectivity index (χ1n) is 34.9. The summed E-state index contributed by atoms with van der Waals surface area (Å²) >= 11 is 0. The number of likely N-dealkylation sites (N-methyl/N-ethyl adjacent to an activating group) is 1. The second-order valence-corrected chi connectivity index (χ2v) is 26.7. The lowest BCUT2D eigenvalue weighted by Gasteiger charge is -2.25. The number of quaternary nitrogens is 1. The highest BCUT2D eigenvalue weighted by atomic mass is 31.2. The highest BCUT2D eigenvalue weighted by molar-refractivity contribution is 7.47. The van der Waals surface area contributed by atoms with Gasteiger partial charge in [0.25, 0.3) is 0 Å². The Morgan fingerprint density at radius 3 is 1.01 bits per heavy atom. The predicted molar refractivity (Wildman–Crippen MR) is 346 cm³/mol. The molecule has 0 aliphatic carbocycles. The van der Waals surface area contributed by atoms with E-state index < -0.39 is 20.0 Å². The SMILES string of the molecule is CCCCCCCCCC/C=C/CC/C=C/CC/C=C/C(O)C(COP(=O)(O)OCC[N+](C)(C)C)NC(=O)CCCCCCCCCCCCCCCCCCCCCCCCCCCCCCCCCCCCCCCCC. The minimum Gasteiger partial charge on any atom is -0.387 e. The molecule has 0 bridgehead atoms. The second kappa shape index (κ2) is 61.3. The molecule has 0 spiro atoms. The molecule has 0 heterocycles. The summed E-state index contributed by atoms with van der Waals surface area (Å²) in [6.07, 6.45) is 81.8. The van der Waals surface area contributed by atoms with E-state index in [1.165, 1.54) is 289 Å². The Kier molecular flexibility index (Phi) is 60.3. The number of aliphatic hydroxyl groups is 1. The fraction of sp³-hybridized carbons (Fsp3) is 0.900. The number of hydrogen-bond donors (Lipinski definition) is 3. The van der Waals surface area contributed by atoms with Gasteiger partial charge in [0, 0.05) is 6.42 Å². The molecule has 3 N–H and O–H groups in total. The number of phosphoric ester groups is 1. The van der Waals surface area contributed by atoms with Gasteiger partial charge in [-0.2, -0.15) is 0 Å². The summed E-state index contributed by atoms with van der Waals surface area (Å²) < 4.78 is 23.7. The number of allylic oxidation sites excluding steroid dienone is 5. The summed E-state index contributed by atoms with van der Waals surface area (Å²) in [5.41, 5.74) is 0. The van der Waals surface area contributed by atoms with E-state index >= 15 is 0 Å². The van der Waals surface area contributed by atoms with Crippen molar-refractivity contribution in [1.29, 1.82) is 0 Å². The lowest BCUT2D eigenvalue weighted by Crippen LogP contribution is -2.45. The van der Waals surface area contributed by atoms with Crippen molar-refractivity contribution in [2.45, 2.75) is 366 Å². The molecule has 9 heteroatoms. The van der Waals surface area contributed by atoms with E-state index in [9.17, 15) is 19.4 Å². The van der Waals surface area contributed by atoms with Crippen LogP contribution in [0.1, 0.15) is 354 Å². The van der Waals surface area contributed by atoms with Crippen LogP contribution in [-0.2, 0) is 18.4 Å². The lowest BCUT2D eigenvalue weighted by molar-refractivity contribution is -0.870. The molecule has 3 unspecified atom stereocenters. The van der Waals surface area contributed by atoms with Gasteiger partial charge in [0.15, 0.2) is 0 Å². The number of carbonyl (C=O) groups excluding carboxylic acids is 1. The molecule has 0 fully saturated rings. The van der Waals surface area contributed by atoms with Crippen LogP contribution < -0.4 is 5.32 Å². The number of nitrogens with zero attached hydrogens (tertiary/aromatic N) is 1. The Morgan fingerprint density at radius 1 is 0.418 bits per heavy atom. The molecule has 0 saturated carbocycles. The molecule has 0 saturated heterocycles. The van der Waals surface area contributed by atoms with E-state index in [1.54, 1.807) is 6.08 Å². The van der Waals surface area contributed by atoms with Crippen LogP contribution in [0.4, 0.5) is 0 Å². The largest absolute Gasteiger partial charge is 0.472 e. The van der Waals surface area contributed by atoms with Gasteiger partial charge in [0.2, 0.25) is 5.91 Å². The van der Waals surface area contributed by atoms with Crippen LogP contribution in [0.25, 0.3) is 0 Å². The van der Waals surface area contributed by atoms with Crippen molar-refractivity contribution in [2.75, 3.05) is 40.9 Å². The van der Waals surface area contributed by atoms with Crippen LogP contribution in [0, 0.1) is 0 Å². The van der Waals surface area contributed by atoms with Crippen molar-refractivity contribution in [3.8, 4) is 0 Å². The smallest absolute Gasteiger partial charge is 0.387 e. The molecule has 1 amide bonds. The van der Waals surface area contributed by atoms with Crippen LogP contribution in [0.5, 0.6) is 0 Å². The van der Waals surface area contributed by atoms with Crippen LogP contribution >= 0.6 is 7.82 Å². The molecule has 0 aliphatic rings. The number of phosphoric acid groups is 1. The number of amides is 1. The molecular weight excluding hydrogens is 996 g/mol. The van der Waals surface area contributed by atoms with Gasteiger partial charge in [0.05, 0.1) is 39.9 Å². The molecule has 468 valence electrons. The maximum absolute atomic E-state index is 13.0. The first-order valence-corrected chi connectivity index (χ1v) is 36.4. The summed E-state index contributed by atoms with van der Waals surface area (Å²) in [4.78, 5) is 23.4. The summed E-state index contributed by atoms with van der Waals surface area (Å²) in [7, 11) is 1.56. The summed E-state index contributed by atoms with van der Waals surface area (Å²) in [5, 5.41) is 13.9. The van der Waals surface area contributed by atoms with Gasteiger partial charge in [-0.3, -0.25) is 13.8 Å². The van der Waals surface area contributed by atoms with E-state index in [2.05, 4.69) is 43.5 Å². The first kappa shape index (κ1) is 77.7. The molecular formula is C70H138N2O6P+. The number of carbonyl (C=O) groups is 1. The minimum atomic E-state index is -4.36. The number of rotatable bonds is 65. The van der Waals surface area contributed by atoms with Crippen molar-refractivity contribution >= 4 is 13.7 Å². The van der Waals surface area contributed by atoms with Crippen molar-refractivity contribution in [3.05, 3.63) is 36.5 Å². The second-order valence-electron chi connectivity index (χ2n) is 25.3. The number of nitrogens with one attached hydrogen (secondary N) is 1. The van der Waals surface area contributed by atoms with Gasteiger partial charge >= 0.3 is 7.82 Å². The highest BCUT2D eigenvalue weighted by Crippen LogP contribution is 2.43. The van der Waals surface area contributed by atoms with Gasteiger partial charge in [0.1, 0.15) is 13.2 Å². The number of unbranched alkanes of at least 4 members (excludes halogenated alkanes) is 48.